The minimum Gasteiger partial charge on any atom is -0.352 e. The third-order valence-electron chi connectivity index (χ3n) is 4.85. The van der Waals surface area contributed by atoms with Gasteiger partial charge in [0.05, 0.1) is 5.75 Å². The summed E-state index contributed by atoms with van der Waals surface area (Å²) in [4.78, 5) is 6.06. The second-order valence-corrected chi connectivity index (χ2v) is 8.75. The lowest BCUT2D eigenvalue weighted by molar-refractivity contribution is 0.383. The van der Waals surface area contributed by atoms with E-state index in [9.17, 15) is 8.42 Å². The molecule has 1 aliphatic rings. The summed E-state index contributed by atoms with van der Waals surface area (Å²) in [5.41, 5.74) is 1.04. The number of imidazole rings is 1. The summed E-state index contributed by atoms with van der Waals surface area (Å²) in [6.45, 7) is 2.12. The fraction of sp³-hybridized carbons (Fsp3) is 0.316. The molecule has 1 fully saturated rings. The van der Waals surface area contributed by atoms with Crippen LogP contribution in [0.3, 0.4) is 0 Å². The summed E-state index contributed by atoms with van der Waals surface area (Å²) in [5, 5.41) is 8.51. The molecule has 0 unspecified atom stereocenters. The Kier molecular flexibility index (Phi) is 5.36. The Balaban J connectivity index is 1.33. The summed E-state index contributed by atoms with van der Waals surface area (Å²) in [6.07, 6.45) is 5.70. The van der Waals surface area contributed by atoms with E-state index in [2.05, 4.69) is 20.1 Å². The second kappa shape index (κ2) is 8.07. The number of sulfonamides is 1. The van der Waals surface area contributed by atoms with E-state index in [1.807, 2.05) is 48.7 Å². The van der Waals surface area contributed by atoms with Gasteiger partial charge in [-0.3, -0.25) is 4.57 Å². The highest BCUT2D eigenvalue weighted by Crippen LogP contribution is 2.16. The van der Waals surface area contributed by atoms with Crippen molar-refractivity contribution < 1.29 is 8.42 Å². The molecule has 146 valence electrons. The second-order valence-electron chi connectivity index (χ2n) is 6.66. The normalized spacial score (nSPS) is 15.6. The fourth-order valence-electron chi connectivity index (χ4n) is 3.24. The maximum atomic E-state index is 12.6. The van der Waals surface area contributed by atoms with E-state index in [4.69, 9.17) is 0 Å². The van der Waals surface area contributed by atoms with Crippen molar-refractivity contribution in [2.45, 2.75) is 6.42 Å². The SMILES string of the molecule is O=S(=O)(CCc1ccccc1)N1CCN(c2ccc(-n3ccnc3)nn2)CC1. The monoisotopic (exact) mass is 398 g/mol. The summed E-state index contributed by atoms with van der Waals surface area (Å²) >= 11 is 0. The maximum absolute atomic E-state index is 12.6. The van der Waals surface area contributed by atoms with Gasteiger partial charge in [0, 0.05) is 38.6 Å². The molecule has 3 aromatic rings. The number of anilines is 1. The van der Waals surface area contributed by atoms with Crippen LogP contribution in [-0.4, -0.2) is 64.4 Å². The molecule has 0 amide bonds. The standard InChI is InChI=1S/C19H22N6O2S/c26-28(27,15-8-17-4-2-1-3-5-17)25-13-11-23(12-14-25)18-6-7-19(22-21-18)24-10-9-20-16-24/h1-7,9-10,16H,8,11-15H2. The molecule has 2 aromatic heterocycles. The predicted octanol–water partition coefficient (Wildman–Crippen LogP) is 1.36. The van der Waals surface area contributed by atoms with Gasteiger partial charge in [-0.25, -0.2) is 13.4 Å². The first-order chi connectivity index (χ1) is 13.6. The zero-order valence-corrected chi connectivity index (χ0v) is 16.2. The van der Waals surface area contributed by atoms with Crippen LogP contribution in [0.5, 0.6) is 0 Å². The van der Waals surface area contributed by atoms with Crippen LogP contribution in [0, 0.1) is 0 Å². The van der Waals surface area contributed by atoms with E-state index in [-0.39, 0.29) is 5.75 Å². The zero-order valence-electron chi connectivity index (χ0n) is 15.4. The molecule has 0 radical (unpaired) electrons. The van der Waals surface area contributed by atoms with Crippen molar-refractivity contribution in [2.75, 3.05) is 36.8 Å². The van der Waals surface area contributed by atoms with Gasteiger partial charge in [0.25, 0.3) is 0 Å². The van der Waals surface area contributed by atoms with Crippen LogP contribution in [0.2, 0.25) is 0 Å². The molecule has 1 saturated heterocycles. The van der Waals surface area contributed by atoms with Crippen molar-refractivity contribution in [2.24, 2.45) is 0 Å². The van der Waals surface area contributed by atoms with Crippen molar-refractivity contribution in [1.82, 2.24) is 24.1 Å². The molecule has 0 atom stereocenters. The molecule has 0 aliphatic carbocycles. The molecule has 4 rings (SSSR count). The molecule has 0 N–H and O–H groups in total. The molecule has 8 nitrogen and oxygen atoms in total. The number of benzene rings is 1. The van der Waals surface area contributed by atoms with E-state index in [0.717, 1.165) is 11.4 Å². The van der Waals surface area contributed by atoms with E-state index >= 15 is 0 Å². The number of aryl methyl sites for hydroxylation is 1. The van der Waals surface area contributed by atoms with Crippen molar-refractivity contribution in [3.05, 3.63) is 66.7 Å². The summed E-state index contributed by atoms with van der Waals surface area (Å²) in [6, 6.07) is 13.5. The minimum atomic E-state index is -3.26. The summed E-state index contributed by atoms with van der Waals surface area (Å²) in [5.74, 6) is 1.59. The highest BCUT2D eigenvalue weighted by molar-refractivity contribution is 7.89. The quantitative estimate of drug-likeness (QED) is 0.623. The van der Waals surface area contributed by atoms with E-state index in [0.29, 0.717) is 38.4 Å². The van der Waals surface area contributed by atoms with Crippen LogP contribution in [0.1, 0.15) is 5.56 Å². The first-order valence-electron chi connectivity index (χ1n) is 9.20. The van der Waals surface area contributed by atoms with Gasteiger partial charge >= 0.3 is 0 Å². The van der Waals surface area contributed by atoms with Crippen molar-refractivity contribution in [3.8, 4) is 5.82 Å². The van der Waals surface area contributed by atoms with Crippen molar-refractivity contribution >= 4 is 15.8 Å². The Hall–Kier alpha value is -2.78. The first kappa shape index (κ1) is 18.6. The van der Waals surface area contributed by atoms with E-state index < -0.39 is 10.0 Å². The lowest BCUT2D eigenvalue weighted by atomic mass is 10.2. The van der Waals surface area contributed by atoms with Gasteiger partial charge in [0.15, 0.2) is 11.6 Å². The van der Waals surface area contributed by atoms with Crippen LogP contribution < -0.4 is 4.90 Å². The Morgan fingerprint density at radius 3 is 2.25 bits per heavy atom. The van der Waals surface area contributed by atoms with E-state index in [1.165, 1.54) is 0 Å². The van der Waals surface area contributed by atoms with E-state index in [1.54, 1.807) is 21.4 Å². The average Bonchev–Trinajstić information content (AvgIpc) is 3.28. The van der Waals surface area contributed by atoms with Gasteiger partial charge in [-0.1, -0.05) is 30.3 Å². The first-order valence-corrected chi connectivity index (χ1v) is 10.8. The number of piperazine rings is 1. The van der Waals surface area contributed by atoms with Gasteiger partial charge in [-0.2, -0.15) is 4.31 Å². The number of rotatable bonds is 6. The van der Waals surface area contributed by atoms with Crippen molar-refractivity contribution in [3.63, 3.8) is 0 Å². The Morgan fingerprint density at radius 1 is 0.893 bits per heavy atom. The van der Waals surface area contributed by atoms with Crippen LogP contribution in [0.25, 0.3) is 5.82 Å². The molecule has 0 bridgehead atoms. The van der Waals surface area contributed by atoms with Crippen LogP contribution in [-0.2, 0) is 16.4 Å². The molecule has 0 saturated carbocycles. The van der Waals surface area contributed by atoms with Gasteiger partial charge in [-0.15, -0.1) is 10.2 Å². The Morgan fingerprint density at radius 2 is 1.61 bits per heavy atom. The summed E-state index contributed by atoms with van der Waals surface area (Å²) < 4.78 is 28.7. The lowest BCUT2D eigenvalue weighted by Crippen LogP contribution is -2.49. The predicted molar refractivity (Wildman–Crippen MR) is 107 cm³/mol. The number of hydrogen-bond acceptors (Lipinski definition) is 6. The minimum absolute atomic E-state index is 0.135. The van der Waals surface area contributed by atoms with Crippen LogP contribution >= 0.6 is 0 Å². The van der Waals surface area contributed by atoms with Gasteiger partial charge in [0.2, 0.25) is 10.0 Å². The Labute approximate surface area is 164 Å². The van der Waals surface area contributed by atoms with Crippen LogP contribution in [0.15, 0.2) is 61.2 Å². The highest BCUT2D eigenvalue weighted by atomic mass is 32.2. The van der Waals surface area contributed by atoms with Gasteiger partial charge < -0.3 is 4.90 Å². The smallest absolute Gasteiger partial charge is 0.214 e. The highest BCUT2D eigenvalue weighted by Gasteiger charge is 2.27. The Bertz CT molecular complexity index is 983. The van der Waals surface area contributed by atoms with Gasteiger partial charge in [0.1, 0.15) is 6.33 Å². The average molecular weight is 398 g/mol. The maximum Gasteiger partial charge on any atom is 0.214 e. The molecule has 1 aliphatic heterocycles. The fourth-order valence-corrected chi connectivity index (χ4v) is 4.71. The molecule has 0 spiro atoms. The number of aromatic nitrogens is 4. The van der Waals surface area contributed by atoms with Gasteiger partial charge in [-0.05, 0) is 24.1 Å². The molecule has 3 heterocycles. The topological polar surface area (TPSA) is 84.2 Å². The van der Waals surface area contributed by atoms with Crippen LogP contribution in [0.4, 0.5) is 5.82 Å². The summed E-state index contributed by atoms with van der Waals surface area (Å²) in [7, 11) is -3.26. The zero-order chi connectivity index (χ0) is 19.4. The molecule has 9 heteroatoms. The third-order valence-corrected chi connectivity index (χ3v) is 6.72. The van der Waals surface area contributed by atoms with Crippen molar-refractivity contribution in [1.29, 1.82) is 0 Å². The lowest BCUT2D eigenvalue weighted by Gasteiger charge is -2.34. The molecule has 28 heavy (non-hydrogen) atoms. The number of hydrogen-bond donors (Lipinski definition) is 0. The molecular formula is C19H22N6O2S. The molecular weight excluding hydrogens is 376 g/mol. The number of nitrogens with zero attached hydrogens (tertiary/aromatic N) is 6. The largest absolute Gasteiger partial charge is 0.352 e. The molecule has 1 aromatic carbocycles. The third kappa shape index (κ3) is 4.20.